The third-order valence-corrected chi connectivity index (χ3v) is 2.47. The Hall–Kier alpha value is -0.350. The van der Waals surface area contributed by atoms with E-state index in [9.17, 15) is 0 Å². The molecular formula is C8H16N2OS. The molecule has 0 bridgehead atoms. The number of hydrogen-bond acceptors (Lipinski definition) is 2. The fourth-order valence-electron chi connectivity index (χ4n) is 1.43. The average molecular weight is 188 g/mol. The third kappa shape index (κ3) is 2.95. The van der Waals surface area contributed by atoms with E-state index >= 15 is 0 Å². The van der Waals surface area contributed by atoms with Crippen molar-refractivity contribution >= 4 is 17.3 Å². The van der Waals surface area contributed by atoms with Gasteiger partial charge in [-0.3, -0.25) is 0 Å². The maximum absolute atomic E-state index is 5.47. The molecule has 1 heterocycles. The van der Waals surface area contributed by atoms with Crippen LogP contribution in [-0.2, 0) is 4.74 Å². The Bertz CT molecular complexity index is 157. The molecule has 0 aliphatic carbocycles. The Morgan fingerprint density at radius 1 is 1.75 bits per heavy atom. The number of thiocarbonyl (C=S) groups is 1. The van der Waals surface area contributed by atoms with E-state index in [0.29, 0.717) is 11.0 Å². The van der Waals surface area contributed by atoms with Gasteiger partial charge in [-0.15, -0.1) is 0 Å². The van der Waals surface area contributed by atoms with E-state index in [4.69, 9.17) is 22.7 Å². The van der Waals surface area contributed by atoms with Gasteiger partial charge in [0.25, 0.3) is 0 Å². The monoisotopic (exact) mass is 188 g/mol. The average Bonchev–Trinajstić information content (AvgIpc) is 2.06. The summed E-state index contributed by atoms with van der Waals surface area (Å²) in [4.78, 5) is 1.91. The van der Waals surface area contributed by atoms with E-state index in [1.54, 1.807) is 0 Å². The Morgan fingerprint density at radius 2 is 2.50 bits per heavy atom. The van der Waals surface area contributed by atoms with Gasteiger partial charge in [-0.25, -0.2) is 0 Å². The zero-order valence-corrected chi connectivity index (χ0v) is 8.27. The molecule has 0 saturated carbocycles. The van der Waals surface area contributed by atoms with Gasteiger partial charge in [0.05, 0.1) is 6.61 Å². The SMILES string of the molecule is CN(CC1CCCOC1)C(N)=S. The Kier molecular flexibility index (Phi) is 3.75. The van der Waals surface area contributed by atoms with Crippen LogP contribution < -0.4 is 5.73 Å². The Balaban J connectivity index is 2.24. The molecule has 0 aromatic rings. The summed E-state index contributed by atoms with van der Waals surface area (Å²) < 4.78 is 5.35. The van der Waals surface area contributed by atoms with E-state index in [-0.39, 0.29) is 0 Å². The first-order valence-corrected chi connectivity index (χ1v) is 4.69. The van der Waals surface area contributed by atoms with Crippen molar-refractivity contribution in [2.75, 3.05) is 26.8 Å². The molecule has 0 spiro atoms. The first kappa shape index (κ1) is 9.74. The molecule has 1 unspecified atom stereocenters. The minimum atomic E-state index is 0.473. The van der Waals surface area contributed by atoms with Gasteiger partial charge in [-0.05, 0) is 31.0 Å². The molecule has 12 heavy (non-hydrogen) atoms. The standard InChI is InChI=1S/C8H16N2OS/c1-10(8(9)12)5-7-3-2-4-11-6-7/h7H,2-6H2,1H3,(H2,9,12). The molecule has 3 nitrogen and oxygen atoms in total. The zero-order chi connectivity index (χ0) is 8.97. The van der Waals surface area contributed by atoms with E-state index in [2.05, 4.69) is 0 Å². The predicted octanol–water partition coefficient (Wildman–Crippen LogP) is 0.588. The second-order valence-electron chi connectivity index (χ2n) is 3.30. The molecule has 0 aromatic carbocycles. The van der Waals surface area contributed by atoms with Crippen molar-refractivity contribution in [3.63, 3.8) is 0 Å². The van der Waals surface area contributed by atoms with Crippen molar-refractivity contribution in [1.29, 1.82) is 0 Å². The van der Waals surface area contributed by atoms with E-state index in [1.165, 1.54) is 6.42 Å². The zero-order valence-electron chi connectivity index (χ0n) is 7.45. The molecular weight excluding hydrogens is 172 g/mol. The largest absolute Gasteiger partial charge is 0.381 e. The van der Waals surface area contributed by atoms with Crippen LogP contribution in [0.15, 0.2) is 0 Å². The van der Waals surface area contributed by atoms with Crippen molar-refractivity contribution in [3.8, 4) is 0 Å². The molecule has 1 rings (SSSR count). The van der Waals surface area contributed by atoms with Crippen molar-refractivity contribution < 1.29 is 4.74 Å². The van der Waals surface area contributed by atoms with Crippen LogP contribution in [0.1, 0.15) is 12.8 Å². The van der Waals surface area contributed by atoms with Crippen molar-refractivity contribution in [1.82, 2.24) is 4.90 Å². The van der Waals surface area contributed by atoms with Crippen LogP contribution in [0.5, 0.6) is 0 Å². The fraction of sp³-hybridized carbons (Fsp3) is 0.875. The molecule has 1 saturated heterocycles. The van der Waals surface area contributed by atoms with Crippen molar-refractivity contribution in [3.05, 3.63) is 0 Å². The fourth-order valence-corrected chi connectivity index (χ4v) is 1.50. The van der Waals surface area contributed by atoms with Gasteiger partial charge in [0.1, 0.15) is 0 Å². The molecule has 0 radical (unpaired) electrons. The number of ether oxygens (including phenoxy) is 1. The summed E-state index contributed by atoms with van der Waals surface area (Å²) in [7, 11) is 1.93. The highest BCUT2D eigenvalue weighted by Gasteiger charge is 2.15. The molecule has 0 aromatic heterocycles. The second-order valence-corrected chi connectivity index (χ2v) is 3.72. The lowest BCUT2D eigenvalue weighted by atomic mass is 10.0. The second kappa shape index (κ2) is 4.62. The van der Waals surface area contributed by atoms with Crippen LogP contribution in [0, 0.1) is 5.92 Å². The highest BCUT2D eigenvalue weighted by atomic mass is 32.1. The predicted molar refractivity (Wildman–Crippen MR) is 53.0 cm³/mol. The summed E-state index contributed by atoms with van der Waals surface area (Å²) >= 11 is 4.85. The van der Waals surface area contributed by atoms with Gasteiger partial charge >= 0.3 is 0 Å². The topological polar surface area (TPSA) is 38.5 Å². The molecule has 1 atom stereocenters. The van der Waals surface area contributed by atoms with Crippen LogP contribution in [0.3, 0.4) is 0 Å². The normalized spacial score (nSPS) is 23.6. The summed E-state index contributed by atoms with van der Waals surface area (Å²) in [5, 5.41) is 0.473. The molecule has 1 aliphatic rings. The molecule has 1 fully saturated rings. The summed E-state index contributed by atoms with van der Waals surface area (Å²) in [5.74, 6) is 0.602. The quantitative estimate of drug-likeness (QED) is 0.644. The van der Waals surface area contributed by atoms with E-state index in [0.717, 1.165) is 26.2 Å². The summed E-state index contributed by atoms with van der Waals surface area (Å²) in [6.07, 6.45) is 2.39. The minimum absolute atomic E-state index is 0.473. The van der Waals surface area contributed by atoms with Gasteiger partial charge < -0.3 is 15.4 Å². The van der Waals surface area contributed by atoms with Gasteiger partial charge in [-0.2, -0.15) is 0 Å². The molecule has 1 aliphatic heterocycles. The first-order valence-electron chi connectivity index (χ1n) is 4.28. The summed E-state index contributed by atoms with van der Waals surface area (Å²) in [6, 6.07) is 0. The third-order valence-electron chi connectivity index (χ3n) is 2.16. The molecule has 70 valence electrons. The maximum atomic E-state index is 5.47. The minimum Gasteiger partial charge on any atom is -0.381 e. The Labute approximate surface area is 78.9 Å². The Morgan fingerprint density at radius 3 is 3.00 bits per heavy atom. The van der Waals surface area contributed by atoms with Gasteiger partial charge in [-0.1, -0.05) is 0 Å². The lowest BCUT2D eigenvalue weighted by Gasteiger charge is -2.27. The van der Waals surface area contributed by atoms with Crippen molar-refractivity contribution in [2.24, 2.45) is 11.7 Å². The van der Waals surface area contributed by atoms with Gasteiger partial charge in [0.2, 0.25) is 0 Å². The van der Waals surface area contributed by atoms with E-state index in [1.807, 2.05) is 11.9 Å². The van der Waals surface area contributed by atoms with Gasteiger partial charge in [0, 0.05) is 20.2 Å². The van der Waals surface area contributed by atoms with Gasteiger partial charge in [0.15, 0.2) is 5.11 Å². The van der Waals surface area contributed by atoms with Crippen LogP contribution in [0.2, 0.25) is 0 Å². The number of hydrogen-bond donors (Lipinski definition) is 1. The molecule has 2 N–H and O–H groups in total. The highest BCUT2D eigenvalue weighted by Crippen LogP contribution is 2.13. The summed E-state index contributed by atoms with van der Waals surface area (Å²) in [6.45, 7) is 2.69. The smallest absolute Gasteiger partial charge is 0.166 e. The number of nitrogens with two attached hydrogens (primary N) is 1. The summed E-state index contributed by atoms with van der Waals surface area (Å²) in [5.41, 5.74) is 5.47. The number of rotatable bonds is 2. The van der Waals surface area contributed by atoms with Crippen LogP contribution in [0.25, 0.3) is 0 Å². The van der Waals surface area contributed by atoms with Crippen LogP contribution >= 0.6 is 12.2 Å². The number of nitrogens with zero attached hydrogens (tertiary/aromatic N) is 1. The molecule has 0 amide bonds. The molecule has 4 heteroatoms. The first-order chi connectivity index (χ1) is 5.70. The highest BCUT2D eigenvalue weighted by molar-refractivity contribution is 7.80. The lowest BCUT2D eigenvalue weighted by molar-refractivity contribution is 0.0486. The van der Waals surface area contributed by atoms with Crippen molar-refractivity contribution in [2.45, 2.75) is 12.8 Å². The van der Waals surface area contributed by atoms with E-state index < -0.39 is 0 Å². The van der Waals surface area contributed by atoms with Crippen LogP contribution in [0.4, 0.5) is 0 Å². The lowest BCUT2D eigenvalue weighted by Crippen LogP contribution is -2.37. The maximum Gasteiger partial charge on any atom is 0.166 e. The van der Waals surface area contributed by atoms with Crippen LogP contribution in [-0.4, -0.2) is 36.8 Å².